The van der Waals surface area contributed by atoms with Crippen LogP contribution in [0.3, 0.4) is 0 Å². The Bertz CT molecular complexity index is 986. The van der Waals surface area contributed by atoms with Crippen LogP contribution in [0.25, 0.3) is 10.9 Å². The summed E-state index contributed by atoms with van der Waals surface area (Å²) in [6, 6.07) is 10.3. The molecule has 4 rings (SSSR count). The quantitative estimate of drug-likeness (QED) is 0.799. The van der Waals surface area contributed by atoms with Gasteiger partial charge in [0, 0.05) is 62.0 Å². The van der Waals surface area contributed by atoms with Gasteiger partial charge in [-0.15, -0.1) is 0 Å². The van der Waals surface area contributed by atoms with E-state index in [0.29, 0.717) is 5.56 Å². The Labute approximate surface area is 184 Å². The first-order chi connectivity index (χ1) is 14.9. The number of amides is 1. The summed E-state index contributed by atoms with van der Waals surface area (Å²) in [5, 5.41) is 13.6. The van der Waals surface area contributed by atoms with E-state index in [1.165, 1.54) is 0 Å². The maximum Gasteiger partial charge on any atom is 0.222 e. The SMILES string of the molecule is CC(C)C(=O)N[C@@H]1CCN(C[C@H]2CN(c3ccc(C#N)c4ncccc34)C[C@@H](C)O2)C1. The van der Waals surface area contributed by atoms with E-state index in [2.05, 4.69) is 33.1 Å². The molecule has 2 aliphatic rings. The zero-order valence-corrected chi connectivity index (χ0v) is 18.5. The van der Waals surface area contributed by atoms with Crippen molar-refractivity contribution in [3.63, 3.8) is 0 Å². The second-order valence-electron chi connectivity index (χ2n) is 9.03. The Kier molecular flexibility index (Phi) is 6.40. The number of carbonyl (C=O) groups excluding carboxylic acids is 1. The van der Waals surface area contributed by atoms with Gasteiger partial charge in [0.05, 0.1) is 23.3 Å². The second kappa shape index (κ2) is 9.21. The molecule has 7 nitrogen and oxygen atoms in total. The minimum absolute atomic E-state index is 0.0156. The van der Waals surface area contributed by atoms with E-state index in [4.69, 9.17) is 4.74 Å². The van der Waals surface area contributed by atoms with Crippen molar-refractivity contribution in [1.29, 1.82) is 5.26 Å². The first kappa shape index (κ1) is 21.5. The van der Waals surface area contributed by atoms with Crippen molar-refractivity contribution in [1.82, 2.24) is 15.2 Å². The van der Waals surface area contributed by atoms with Crippen molar-refractivity contribution < 1.29 is 9.53 Å². The maximum atomic E-state index is 12.0. The monoisotopic (exact) mass is 421 g/mol. The number of fused-ring (bicyclic) bond motifs is 1. The number of morpholine rings is 1. The molecule has 31 heavy (non-hydrogen) atoms. The largest absolute Gasteiger partial charge is 0.370 e. The molecular formula is C24H31N5O2. The Morgan fingerprint density at radius 2 is 2.16 bits per heavy atom. The lowest BCUT2D eigenvalue weighted by molar-refractivity contribution is -0.124. The predicted octanol–water partition coefficient (Wildman–Crippen LogP) is 2.55. The van der Waals surface area contributed by atoms with Gasteiger partial charge >= 0.3 is 0 Å². The smallest absolute Gasteiger partial charge is 0.222 e. The van der Waals surface area contributed by atoms with Crippen LogP contribution in [0, 0.1) is 17.2 Å². The van der Waals surface area contributed by atoms with Crippen molar-refractivity contribution in [2.45, 2.75) is 45.4 Å². The molecule has 2 aromatic rings. The lowest BCUT2D eigenvalue weighted by Gasteiger charge is -2.40. The van der Waals surface area contributed by atoms with Gasteiger partial charge in [0.2, 0.25) is 5.91 Å². The standard InChI is InChI=1S/C24H31N5O2/c1-16(2)24(30)27-19-8-10-28(13-19)14-20-15-29(12-17(3)31-20)22-7-6-18(11-25)23-21(22)5-4-9-26-23/h4-7,9,16-17,19-20H,8,10,12-15H2,1-3H3,(H,27,30)/t17-,19-,20+/m1/s1. The van der Waals surface area contributed by atoms with E-state index < -0.39 is 0 Å². The topological polar surface area (TPSA) is 81.5 Å². The molecule has 2 saturated heterocycles. The molecule has 164 valence electrons. The number of anilines is 1. The van der Waals surface area contributed by atoms with Crippen LogP contribution >= 0.6 is 0 Å². The zero-order valence-electron chi connectivity index (χ0n) is 18.5. The fraction of sp³-hybridized carbons (Fsp3) is 0.542. The molecule has 1 N–H and O–H groups in total. The van der Waals surface area contributed by atoms with E-state index in [0.717, 1.165) is 55.7 Å². The van der Waals surface area contributed by atoms with Gasteiger partial charge in [-0.25, -0.2) is 0 Å². The Morgan fingerprint density at radius 3 is 2.94 bits per heavy atom. The molecule has 1 aromatic heterocycles. The minimum Gasteiger partial charge on any atom is -0.370 e. The van der Waals surface area contributed by atoms with Crippen LogP contribution < -0.4 is 10.2 Å². The van der Waals surface area contributed by atoms with E-state index in [-0.39, 0.29) is 30.1 Å². The number of nitrogens with zero attached hydrogens (tertiary/aromatic N) is 4. The number of pyridine rings is 1. The summed E-state index contributed by atoms with van der Waals surface area (Å²) in [6.07, 6.45) is 2.92. The third-order valence-electron chi connectivity index (χ3n) is 6.14. The molecule has 0 radical (unpaired) electrons. The summed E-state index contributed by atoms with van der Waals surface area (Å²) in [5.41, 5.74) is 2.45. The molecule has 3 heterocycles. The second-order valence-corrected chi connectivity index (χ2v) is 9.03. The first-order valence-electron chi connectivity index (χ1n) is 11.2. The van der Waals surface area contributed by atoms with Crippen LogP contribution in [0.2, 0.25) is 0 Å². The van der Waals surface area contributed by atoms with Gasteiger partial charge in [-0.2, -0.15) is 5.26 Å². The fourth-order valence-electron chi connectivity index (χ4n) is 4.64. The molecule has 0 unspecified atom stereocenters. The highest BCUT2D eigenvalue weighted by molar-refractivity contribution is 5.95. The summed E-state index contributed by atoms with van der Waals surface area (Å²) < 4.78 is 6.27. The summed E-state index contributed by atoms with van der Waals surface area (Å²) >= 11 is 0. The molecule has 0 aliphatic carbocycles. The molecule has 2 fully saturated rings. The summed E-state index contributed by atoms with van der Waals surface area (Å²) in [7, 11) is 0. The number of nitriles is 1. The van der Waals surface area contributed by atoms with E-state index >= 15 is 0 Å². The van der Waals surface area contributed by atoms with Gasteiger partial charge in [-0.3, -0.25) is 14.7 Å². The number of benzene rings is 1. The molecule has 3 atom stereocenters. The van der Waals surface area contributed by atoms with Crippen molar-refractivity contribution >= 4 is 22.5 Å². The van der Waals surface area contributed by atoms with E-state index in [9.17, 15) is 10.1 Å². The molecular weight excluding hydrogens is 390 g/mol. The van der Waals surface area contributed by atoms with Crippen molar-refractivity contribution in [3.05, 3.63) is 36.0 Å². The average molecular weight is 422 g/mol. The summed E-state index contributed by atoms with van der Waals surface area (Å²) in [6.45, 7) is 10.3. The molecule has 0 bridgehead atoms. The molecule has 0 spiro atoms. The summed E-state index contributed by atoms with van der Waals surface area (Å²) in [4.78, 5) is 21.2. The number of hydrogen-bond acceptors (Lipinski definition) is 6. The number of hydrogen-bond donors (Lipinski definition) is 1. The minimum atomic E-state index is 0.0156. The van der Waals surface area contributed by atoms with Crippen LogP contribution in [-0.4, -0.2) is 66.8 Å². The van der Waals surface area contributed by atoms with Crippen LogP contribution in [0.15, 0.2) is 30.5 Å². The fourth-order valence-corrected chi connectivity index (χ4v) is 4.64. The molecule has 1 amide bonds. The first-order valence-corrected chi connectivity index (χ1v) is 11.2. The third-order valence-corrected chi connectivity index (χ3v) is 6.14. The highest BCUT2D eigenvalue weighted by atomic mass is 16.5. The molecule has 0 saturated carbocycles. The summed E-state index contributed by atoms with van der Waals surface area (Å²) in [5.74, 6) is 0.142. The number of rotatable bonds is 5. The van der Waals surface area contributed by atoms with Crippen molar-refractivity contribution in [3.8, 4) is 6.07 Å². The van der Waals surface area contributed by atoms with Crippen molar-refractivity contribution in [2.75, 3.05) is 37.6 Å². The van der Waals surface area contributed by atoms with Crippen LogP contribution in [0.5, 0.6) is 0 Å². The Morgan fingerprint density at radius 1 is 1.32 bits per heavy atom. The van der Waals surface area contributed by atoms with Gasteiger partial charge in [0.25, 0.3) is 0 Å². The molecule has 1 aromatic carbocycles. The molecule has 7 heteroatoms. The van der Waals surface area contributed by atoms with Gasteiger partial charge in [-0.1, -0.05) is 13.8 Å². The van der Waals surface area contributed by atoms with Crippen LogP contribution in [0.1, 0.15) is 32.8 Å². The number of aromatic nitrogens is 1. The van der Waals surface area contributed by atoms with Gasteiger partial charge in [-0.05, 0) is 37.6 Å². The predicted molar refractivity (Wildman–Crippen MR) is 121 cm³/mol. The van der Waals surface area contributed by atoms with Gasteiger partial charge < -0.3 is 15.0 Å². The van der Waals surface area contributed by atoms with Gasteiger partial charge in [0.1, 0.15) is 6.07 Å². The normalized spacial score (nSPS) is 24.5. The highest BCUT2D eigenvalue weighted by Crippen LogP contribution is 2.30. The van der Waals surface area contributed by atoms with Crippen molar-refractivity contribution in [2.24, 2.45) is 5.92 Å². The van der Waals surface area contributed by atoms with Gasteiger partial charge in [0.15, 0.2) is 0 Å². The third kappa shape index (κ3) is 4.81. The maximum absolute atomic E-state index is 12.0. The highest BCUT2D eigenvalue weighted by Gasteiger charge is 2.31. The average Bonchev–Trinajstić information content (AvgIpc) is 3.18. The lowest BCUT2D eigenvalue weighted by atomic mass is 10.1. The van der Waals surface area contributed by atoms with Crippen LogP contribution in [-0.2, 0) is 9.53 Å². The number of nitrogens with one attached hydrogen (secondary N) is 1. The van der Waals surface area contributed by atoms with Crippen LogP contribution in [0.4, 0.5) is 5.69 Å². The zero-order chi connectivity index (χ0) is 22.0. The lowest BCUT2D eigenvalue weighted by Crippen LogP contribution is -2.51. The number of carbonyl (C=O) groups is 1. The number of likely N-dealkylation sites (tertiary alicyclic amines) is 1. The van der Waals surface area contributed by atoms with E-state index in [1.807, 2.05) is 38.1 Å². The number of ether oxygens (including phenoxy) is 1. The van der Waals surface area contributed by atoms with E-state index in [1.54, 1.807) is 6.20 Å². The Hall–Kier alpha value is -2.69. The molecule has 2 aliphatic heterocycles. The Balaban J connectivity index is 1.45.